The Kier molecular flexibility index (Phi) is 40.9. The number of carbonyl (C=O) groups is 2. The van der Waals surface area contributed by atoms with Crippen molar-refractivity contribution in [3.8, 4) is 0 Å². The van der Waals surface area contributed by atoms with E-state index < -0.39 is 26.5 Å². The highest BCUT2D eigenvalue weighted by molar-refractivity contribution is 7.47. The van der Waals surface area contributed by atoms with Gasteiger partial charge in [0, 0.05) is 12.8 Å². The predicted molar refractivity (Wildman–Crippen MR) is 256 cm³/mol. The fraction of sp³-hybridized carbons (Fsp3) is 0.725. The van der Waals surface area contributed by atoms with Crippen LogP contribution < -0.4 is 0 Å². The molecule has 2 atom stereocenters. The number of likely N-dealkylation sites (N-methyl/N-ethyl adjacent to an activating group) is 1. The average Bonchev–Trinajstić information content (AvgIpc) is 3.21. The van der Waals surface area contributed by atoms with Gasteiger partial charge in [0.05, 0.1) is 27.7 Å². The summed E-state index contributed by atoms with van der Waals surface area (Å²) < 4.78 is 34.4. The minimum atomic E-state index is -4.39. The van der Waals surface area contributed by atoms with Crippen LogP contribution in [0.1, 0.15) is 187 Å². The smallest absolute Gasteiger partial charge is 0.462 e. The Morgan fingerprint density at radius 3 is 1.39 bits per heavy atom. The molecular weight excluding hydrogens is 786 g/mol. The van der Waals surface area contributed by atoms with Crippen molar-refractivity contribution in [2.45, 2.75) is 193 Å². The van der Waals surface area contributed by atoms with E-state index in [-0.39, 0.29) is 32.0 Å². The first-order valence-corrected chi connectivity index (χ1v) is 25.7. The number of hydrogen-bond acceptors (Lipinski definition) is 7. The van der Waals surface area contributed by atoms with Crippen molar-refractivity contribution in [3.05, 3.63) is 72.9 Å². The zero-order valence-corrected chi connectivity index (χ0v) is 40.5. The molecule has 0 heterocycles. The van der Waals surface area contributed by atoms with E-state index in [0.717, 1.165) is 103 Å². The second kappa shape index (κ2) is 42.7. The van der Waals surface area contributed by atoms with E-state index in [0.29, 0.717) is 17.4 Å². The van der Waals surface area contributed by atoms with Crippen LogP contribution >= 0.6 is 7.82 Å². The summed E-state index contributed by atoms with van der Waals surface area (Å²) in [6.07, 6.45) is 53.8. The Hall–Kier alpha value is -2.55. The minimum absolute atomic E-state index is 0.0253. The Morgan fingerprint density at radius 1 is 0.525 bits per heavy atom. The summed E-state index contributed by atoms with van der Waals surface area (Å²) >= 11 is 0. The van der Waals surface area contributed by atoms with Gasteiger partial charge in [-0.15, -0.1) is 0 Å². The van der Waals surface area contributed by atoms with E-state index in [1.165, 1.54) is 51.4 Å². The monoisotopic (exact) mass is 877 g/mol. The first-order chi connectivity index (χ1) is 29.5. The lowest BCUT2D eigenvalue weighted by Crippen LogP contribution is -2.37. The predicted octanol–water partition coefficient (Wildman–Crippen LogP) is 14.2. The number of phosphoric ester groups is 1. The van der Waals surface area contributed by atoms with Crippen molar-refractivity contribution in [2.75, 3.05) is 47.5 Å². The van der Waals surface area contributed by atoms with E-state index >= 15 is 0 Å². The Morgan fingerprint density at radius 2 is 0.934 bits per heavy atom. The van der Waals surface area contributed by atoms with Crippen molar-refractivity contribution in [1.82, 2.24) is 0 Å². The number of rotatable bonds is 43. The molecule has 0 radical (unpaired) electrons. The van der Waals surface area contributed by atoms with Crippen LogP contribution in [-0.2, 0) is 32.7 Å². The van der Waals surface area contributed by atoms with E-state index in [4.69, 9.17) is 18.5 Å². The van der Waals surface area contributed by atoms with Crippen LogP contribution in [0.2, 0.25) is 0 Å². The highest BCUT2D eigenvalue weighted by Gasteiger charge is 2.27. The third kappa shape index (κ3) is 46.8. The number of nitrogens with zero attached hydrogens (tertiary/aromatic N) is 1. The molecule has 0 saturated heterocycles. The standard InChI is InChI=1S/C51H90NO8P/c1-6-8-10-12-14-16-18-20-22-23-24-25-26-27-28-29-30-32-34-36-38-40-42-44-51(54)60-49(48-59-61(55,56)58-46-45-52(3,4)5)47-57-50(53)43-41-39-37-35-33-31-21-19-17-15-13-11-9-7-2/h8,10,13-16,19-22,24-25,49H,6-7,9,11-12,17-18,23,26-48H2,1-5H3/p+1/b10-8-,15-13-,16-14-,21-19-,22-20-,25-24-. The van der Waals surface area contributed by atoms with Crippen LogP contribution in [-0.4, -0.2) is 74.9 Å². The molecule has 0 rings (SSSR count). The Balaban J connectivity index is 4.29. The molecule has 0 bridgehead atoms. The molecule has 0 aromatic heterocycles. The van der Waals surface area contributed by atoms with Gasteiger partial charge in [-0.25, -0.2) is 4.57 Å². The van der Waals surface area contributed by atoms with Crippen molar-refractivity contribution in [3.63, 3.8) is 0 Å². The van der Waals surface area contributed by atoms with Gasteiger partial charge in [-0.3, -0.25) is 18.6 Å². The number of phosphoric acid groups is 1. The zero-order valence-electron chi connectivity index (χ0n) is 39.6. The molecule has 0 aliphatic heterocycles. The molecule has 0 fully saturated rings. The number of ether oxygens (including phenoxy) is 2. The first kappa shape index (κ1) is 58.5. The molecule has 61 heavy (non-hydrogen) atoms. The lowest BCUT2D eigenvalue weighted by molar-refractivity contribution is -0.870. The van der Waals surface area contributed by atoms with Crippen molar-refractivity contribution >= 4 is 19.8 Å². The van der Waals surface area contributed by atoms with Gasteiger partial charge in [0.25, 0.3) is 0 Å². The molecular formula is C51H91NO8P+. The van der Waals surface area contributed by atoms with Gasteiger partial charge in [-0.1, -0.05) is 170 Å². The van der Waals surface area contributed by atoms with Gasteiger partial charge in [0.15, 0.2) is 6.10 Å². The lowest BCUT2D eigenvalue weighted by Gasteiger charge is -2.24. The van der Waals surface area contributed by atoms with Crippen molar-refractivity contribution in [1.29, 1.82) is 0 Å². The van der Waals surface area contributed by atoms with Crippen molar-refractivity contribution < 1.29 is 42.1 Å². The van der Waals surface area contributed by atoms with Crippen LogP contribution in [0.3, 0.4) is 0 Å². The first-order valence-electron chi connectivity index (χ1n) is 24.2. The number of esters is 2. The Bertz CT molecular complexity index is 1270. The number of unbranched alkanes of at least 4 members (excludes halogenated alkanes) is 17. The molecule has 0 aromatic rings. The summed E-state index contributed by atoms with van der Waals surface area (Å²) in [6.45, 7) is 4.24. The maximum atomic E-state index is 12.7. The van der Waals surface area contributed by atoms with Gasteiger partial charge in [-0.2, -0.15) is 0 Å². The fourth-order valence-corrected chi connectivity index (χ4v) is 6.94. The third-order valence-corrected chi connectivity index (χ3v) is 11.0. The van der Waals surface area contributed by atoms with Crippen LogP contribution in [0, 0.1) is 0 Å². The molecule has 0 aliphatic carbocycles. The second-order valence-corrected chi connectivity index (χ2v) is 18.6. The molecule has 9 nitrogen and oxygen atoms in total. The molecule has 0 aliphatic rings. The molecule has 352 valence electrons. The lowest BCUT2D eigenvalue weighted by atomic mass is 10.0. The zero-order chi connectivity index (χ0) is 45.0. The fourth-order valence-electron chi connectivity index (χ4n) is 6.20. The molecule has 2 unspecified atom stereocenters. The van der Waals surface area contributed by atoms with Crippen LogP contribution in [0.4, 0.5) is 0 Å². The molecule has 0 aromatic carbocycles. The topological polar surface area (TPSA) is 108 Å². The molecule has 0 amide bonds. The molecule has 1 N–H and O–H groups in total. The van der Waals surface area contributed by atoms with Gasteiger partial charge >= 0.3 is 19.8 Å². The normalized spacial score (nSPS) is 14.1. The SMILES string of the molecule is CC/C=C\C/C=C\C/C=C\C/C=C\CCCCCCCCCCCCC(=O)OC(COC(=O)CCCCCCC/C=C\C/C=C\CCCC)COP(=O)(O)OCC[N+](C)(C)C. The highest BCUT2D eigenvalue weighted by atomic mass is 31.2. The van der Waals surface area contributed by atoms with E-state index in [1.54, 1.807) is 0 Å². The maximum absolute atomic E-state index is 12.7. The number of hydrogen-bond donors (Lipinski definition) is 1. The van der Waals surface area contributed by atoms with Crippen LogP contribution in [0.25, 0.3) is 0 Å². The maximum Gasteiger partial charge on any atom is 0.472 e. The number of quaternary nitrogens is 1. The summed E-state index contributed by atoms with van der Waals surface area (Å²) in [6, 6.07) is 0. The van der Waals surface area contributed by atoms with Crippen LogP contribution in [0.5, 0.6) is 0 Å². The third-order valence-electron chi connectivity index (χ3n) is 9.97. The van der Waals surface area contributed by atoms with E-state index in [2.05, 4.69) is 86.8 Å². The molecule has 0 saturated carbocycles. The number of carbonyl (C=O) groups excluding carboxylic acids is 2. The number of allylic oxidation sites excluding steroid dienone is 12. The Labute approximate surface area is 374 Å². The van der Waals surface area contributed by atoms with Crippen LogP contribution in [0.15, 0.2) is 72.9 Å². The largest absolute Gasteiger partial charge is 0.472 e. The molecule has 0 spiro atoms. The minimum Gasteiger partial charge on any atom is -0.462 e. The van der Waals surface area contributed by atoms with Gasteiger partial charge in [-0.05, 0) is 77.0 Å². The summed E-state index contributed by atoms with van der Waals surface area (Å²) in [5.74, 6) is -0.823. The summed E-state index contributed by atoms with van der Waals surface area (Å²) in [5, 5.41) is 0. The van der Waals surface area contributed by atoms with E-state index in [1.807, 2.05) is 21.1 Å². The quantitative estimate of drug-likeness (QED) is 0.0212. The summed E-state index contributed by atoms with van der Waals surface area (Å²) in [4.78, 5) is 35.5. The van der Waals surface area contributed by atoms with Gasteiger partial charge in [0.1, 0.15) is 19.8 Å². The average molecular weight is 877 g/mol. The van der Waals surface area contributed by atoms with E-state index in [9.17, 15) is 19.0 Å². The van der Waals surface area contributed by atoms with Gasteiger partial charge in [0.2, 0.25) is 0 Å². The summed E-state index contributed by atoms with van der Waals surface area (Å²) in [5.41, 5.74) is 0. The highest BCUT2D eigenvalue weighted by Crippen LogP contribution is 2.43. The van der Waals surface area contributed by atoms with Crippen molar-refractivity contribution in [2.24, 2.45) is 0 Å². The van der Waals surface area contributed by atoms with Gasteiger partial charge < -0.3 is 18.9 Å². The summed E-state index contributed by atoms with van der Waals surface area (Å²) in [7, 11) is 1.46. The second-order valence-electron chi connectivity index (χ2n) is 17.1. The molecule has 10 heteroatoms.